The van der Waals surface area contributed by atoms with Gasteiger partial charge in [-0.2, -0.15) is 0 Å². The SMILES string of the molecule is COCC(=O)N(C)CC(C)(C)CN. The van der Waals surface area contributed by atoms with Crippen LogP contribution in [0.4, 0.5) is 0 Å². The van der Waals surface area contributed by atoms with Gasteiger partial charge < -0.3 is 15.4 Å². The van der Waals surface area contributed by atoms with Crippen molar-refractivity contribution in [1.29, 1.82) is 0 Å². The molecule has 0 aromatic heterocycles. The summed E-state index contributed by atoms with van der Waals surface area (Å²) in [5.74, 6) is -0.0102. The Morgan fingerprint density at radius 1 is 1.54 bits per heavy atom. The third-order valence-corrected chi connectivity index (χ3v) is 1.91. The number of methoxy groups -OCH3 is 1. The van der Waals surface area contributed by atoms with E-state index in [-0.39, 0.29) is 17.9 Å². The molecule has 0 aliphatic heterocycles. The second-order valence-electron chi connectivity index (χ2n) is 4.05. The van der Waals surface area contributed by atoms with Crippen molar-refractivity contribution in [3.63, 3.8) is 0 Å². The van der Waals surface area contributed by atoms with Crippen LogP contribution in [-0.2, 0) is 9.53 Å². The van der Waals surface area contributed by atoms with Crippen LogP contribution in [0.15, 0.2) is 0 Å². The van der Waals surface area contributed by atoms with Gasteiger partial charge in [0, 0.05) is 20.7 Å². The van der Waals surface area contributed by atoms with Crippen molar-refractivity contribution in [3.05, 3.63) is 0 Å². The molecule has 0 aromatic carbocycles. The predicted molar refractivity (Wildman–Crippen MR) is 52.3 cm³/mol. The fourth-order valence-electron chi connectivity index (χ4n) is 1.03. The molecule has 0 saturated carbocycles. The summed E-state index contributed by atoms with van der Waals surface area (Å²) in [6.45, 7) is 5.42. The molecule has 0 unspecified atom stereocenters. The molecule has 13 heavy (non-hydrogen) atoms. The third-order valence-electron chi connectivity index (χ3n) is 1.91. The van der Waals surface area contributed by atoms with Crippen molar-refractivity contribution in [2.45, 2.75) is 13.8 Å². The highest BCUT2D eigenvalue weighted by molar-refractivity contribution is 5.77. The van der Waals surface area contributed by atoms with E-state index in [9.17, 15) is 4.79 Å². The number of ether oxygens (including phenoxy) is 1. The first-order chi connectivity index (χ1) is 5.93. The lowest BCUT2D eigenvalue weighted by atomic mass is 9.93. The summed E-state index contributed by atoms with van der Waals surface area (Å²) < 4.78 is 4.75. The molecular weight excluding hydrogens is 168 g/mol. The van der Waals surface area contributed by atoms with Crippen LogP contribution in [0.2, 0.25) is 0 Å². The zero-order valence-electron chi connectivity index (χ0n) is 8.96. The summed E-state index contributed by atoms with van der Waals surface area (Å²) in [6, 6.07) is 0. The first kappa shape index (κ1) is 12.4. The Balaban J connectivity index is 3.99. The summed E-state index contributed by atoms with van der Waals surface area (Å²) >= 11 is 0. The van der Waals surface area contributed by atoms with Crippen LogP contribution in [0.5, 0.6) is 0 Å². The molecule has 0 rings (SSSR count). The largest absolute Gasteiger partial charge is 0.375 e. The topological polar surface area (TPSA) is 55.6 Å². The summed E-state index contributed by atoms with van der Waals surface area (Å²) in [5, 5.41) is 0. The van der Waals surface area contributed by atoms with Crippen LogP contribution in [-0.4, -0.2) is 44.7 Å². The summed E-state index contributed by atoms with van der Waals surface area (Å²) in [5.41, 5.74) is 5.53. The second-order valence-corrected chi connectivity index (χ2v) is 4.05. The number of hydrogen-bond acceptors (Lipinski definition) is 3. The molecule has 4 heteroatoms. The molecule has 0 heterocycles. The van der Waals surface area contributed by atoms with Gasteiger partial charge in [0.2, 0.25) is 5.91 Å². The number of hydrogen-bond donors (Lipinski definition) is 1. The normalized spacial score (nSPS) is 11.5. The molecule has 1 amide bonds. The molecule has 0 fully saturated rings. The van der Waals surface area contributed by atoms with E-state index in [2.05, 4.69) is 0 Å². The molecule has 78 valence electrons. The molecule has 0 aliphatic carbocycles. The lowest BCUT2D eigenvalue weighted by Crippen LogP contribution is -2.41. The molecule has 2 N–H and O–H groups in total. The Morgan fingerprint density at radius 2 is 2.08 bits per heavy atom. The average Bonchev–Trinajstić information content (AvgIpc) is 2.04. The Kier molecular flexibility index (Phi) is 4.95. The van der Waals surface area contributed by atoms with E-state index >= 15 is 0 Å². The van der Waals surface area contributed by atoms with Gasteiger partial charge in [-0.3, -0.25) is 4.79 Å². The molecule has 0 aromatic rings. The number of likely N-dealkylation sites (N-methyl/N-ethyl adjacent to an activating group) is 1. The van der Waals surface area contributed by atoms with Crippen molar-refractivity contribution in [2.75, 3.05) is 33.9 Å². The molecule has 0 spiro atoms. The van der Waals surface area contributed by atoms with Gasteiger partial charge in [0.05, 0.1) is 0 Å². The Hall–Kier alpha value is -0.610. The second kappa shape index (κ2) is 5.19. The summed E-state index contributed by atoms with van der Waals surface area (Å²) in [4.78, 5) is 12.9. The quantitative estimate of drug-likeness (QED) is 0.664. The molecule has 0 radical (unpaired) electrons. The van der Waals surface area contributed by atoms with E-state index in [0.29, 0.717) is 13.1 Å². The minimum Gasteiger partial charge on any atom is -0.375 e. The number of nitrogens with zero attached hydrogens (tertiary/aromatic N) is 1. The van der Waals surface area contributed by atoms with Gasteiger partial charge in [-0.25, -0.2) is 0 Å². The maximum atomic E-state index is 11.3. The van der Waals surface area contributed by atoms with Crippen molar-refractivity contribution in [3.8, 4) is 0 Å². The van der Waals surface area contributed by atoms with E-state index < -0.39 is 0 Å². The van der Waals surface area contributed by atoms with Gasteiger partial charge >= 0.3 is 0 Å². The van der Waals surface area contributed by atoms with Crippen molar-refractivity contribution in [1.82, 2.24) is 4.90 Å². The van der Waals surface area contributed by atoms with E-state index in [0.717, 1.165) is 0 Å². The molecule has 0 bridgehead atoms. The molecule has 0 saturated heterocycles. The molecule has 4 nitrogen and oxygen atoms in total. The van der Waals surface area contributed by atoms with Gasteiger partial charge in [-0.1, -0.05) is 13.8 Å². The van der Waals surface area contributed by atoms with Gasteiger partial charge in [0.1, 0.15) is 6.61 Å². The molecular formula is C9H20N2O2. The number of rotatable bonds is 5. The number of carbonyl (C=O) groups is 1. The third kappa shape index (κ3) is 4.85. The van der Waals surface area contributed by atoms with Crippen LogP contribution in [0.25, 0.3) is 0 Å². The van der Waals surface area contributed by atoms with Crippen molar-refractivity contribution in [2.24, 2.45) is 11.1 Å². The van der Waals surface area contributed by atoms with Crippen LogP contribution in [0, 0.1) is 5.41 Å². The minimum atomic E-state index is -0.0296. The lowest BCUT2D eigenvalue weighted by Gasteiger charge is -2.28. The Bertz CT molecular complexity index is 169. The van der Waals surface area contributed by atoms with Gasteiger partial charge in [-0.15, -0.1) is 0 Å². The first-order valence-electron chi connectivity index (χ1n) is 4.36. The number of amides is 1. The zero-order valence-corrected chi connectivity index (χ0v) is 8.96. The van der Waals surface area contributed by atoms with Crippen LogP contribution in [0.3, 0.4) is 0 Å². The monoisotopic (exact) mass is 188 g/mol. The van der Waals surface area contributed by atoms with Gasteiger partial charge in [0.25, 0.3) is 0 Å². The predicted octanol–water partition coefficient (Wildman–Crippen LogP) is 0.0761. The number of carbonyl (C=O) groups excluding carboxylic acids is 1. The standard InChI is InChI=1S/C9H20N2O2/c1-9(2,6-10)7-11(3)8(12)5-13-4/h5-7,10H2,1-4H3. The van der Waals surface area contributed by atoms with Crippen LogP contribution in [0.1, 0.15) is 13.8 Å². The van der Waals surface area contributed by atoms with Gasteiger partial charge in [0.15, 0.2) is 0 Å². The van der Waals surface area contributed by atoms with E-state index in [4.69, 9.17) is 10.5 Å². The number of nitrogens with two attached hydrogens (primary N) is 1. The Labute approximate surface area is 80.0 Å². The maximum Gasteiger partial charge on any atom is 0.248 e. The fourth-order valence-corrected chi connectivity index (χ4v) is 1.03. The highest BCUT2D eigenvalue weighted by atomic mass is 16.5. The highest BCUT2D eigenvalue weighted by Crippen LogP contribution is 2.13. The van der Waals surface area contributed by atoms with Crippen LogP contribution < -0.4 is 5.73 Å². The fraction of sp³-hybridized carbons (Fsp3) is 0.889. The van der Waals surface area contributed by atoms with E-state index in [1.807, 2.05) is 13.8 Å². The molecule has 0 atom stereocenters. The Morgan fingerprint density at radius 3 is 2.46 bits per heavy atom. The van der Waals surface area contributed by atoms with E-state index in [1.165, 1.54) is 7.11 Å². The summed E-state index contributed by atoms with van der Waals surface area (Å²) in [6.07, 6.45) is 0. The smallest absolute Gasteiger partial charge is 0.248 e. The molecule has 0 aliphatic rings. The maximum absolute atomic E-state index is 11.3. The van der Waals surface area contributed by atoms with Crippen molar-refractivity contribution >= 4 is 5.91 Å². The average molecular weight is 188 g/mol. The highest BCUT2D eigenvalue weighted by Gasteiger charge is 2.20. The van der Waals surface area contributed by atoms with Crippen LogP contribution >= 0.6 is 0 Å². The lowest BCUT2D eigenvalue weighted by molar-refractivity contribution is -0.135. The van der Waals surface area contributed by atoms with E-state index in [1.54, 1.807) is 11.9 Å². The zero-order chi connectivity index (χ0) is 10.5. The summed E-state index contributed by atoms with van der Waals surface area (Å²) in [7, 11) is 3.28. The van der Waals surface area contributed by atoms with Gasteiger partial charge in [-0.05, 0) is 12.0 Å². The van der Waals surface area contributed by atoms with Crippen molar-refractivity contribution < 1.29 is 9.53 Å². The first-order valence-corrected chi connectivity index (χ1v) is 4.36. The minimum absolute atomic E-state index is 0.0102.